The monoisotopic (exact) mass is 529 g/mol. The van der Waals surface area contributed by atoms with Gasteiger partial charge in [0.25, 0.3) is 0 Å². The number of carbonyl (C=O) groups is 4. The summed E-state index contributed by atoms with van der Waals surface area (Å²) in [6.07, 6.45) is 3.98. The van der Waals surface area contributed by atoms with Gasteiger partial charge in [0.05, 0.1) is 5.41 Å². The van der Waals surface area contributed by atoms with Gasteiger partial charge in [-0.1, -0.05) is 36.4 Å². The van der Waals surface area contributed by atoms with E-state index in [4.69, 9.17) is 0 Å². The number of carbonyl (C=O) groups excluding carboxylic acids is 4. The van der Waals surface area contributed by atoms with Crippen molar-refractivity contribution in [2.45, 2.75) is 63.5 Å². The van der Waals surface area contributed by atoms with Gasteiger partial charge < -0.3 is 25.8 Å². The first kappa shape index (κ1) is 26.5. The maximum absolute atomic E-state index is 14.0. The van der Waals surface area contributed by atoms with Crippen LogP contribution in [0.15, 0.2) is 54.7 Å². The lowest BCUT2D eigenvalue weighted by molar-refractivity contribution is -0.138. The molecule has 1 spiro atoms. The molecule has 1 saturated heterocycles. The minimum atomic E-state index is -1.20. The third-order valence-corrected chi connectivity index (χ3v) is 8.04. The number of nitrogens with zero attached hydrogens (tertiary/aromatic N) is 1. The van der Waals surface area contributed by atoms with Crippen molar-refractivity contribution in [3.63, 3.8) is 0 Å². The molecule has 1 fully saturated rings. The highest BCUT2D eigenvalue weighted by Crippen LogP contribution is 2.44. The van der Waals surface area contributed by atoms with Crippen molar-refractivity contribution in [1.29, 1.82) is 0 Å². The number of hydrogen-bond donors (Lipinski definition) is 4. The van der Waals surface area contributed by atoms with Crippen molar-refractivity contribution in [2.75, 3.05) is 18.4 Å². The highest BCUT2D eigenvalue weighted by molar-refractivity contribution is 6.06. The molecule has 2 aliphatic rings. The van der Waals surface area contributed by atoms with Crippen LogP contribution in [0.2, 0.25) is 0 Å². The summed E-state index contributed by atoms with van der Waals surface area (Å²) in [6, 6.07) is 14.7. The molecule has 0 aliphatic carbocycles. The van der Waals surface area contributed by atoms with Gasteiger partial charge in [0.1, 0.15) is 11.6 Å². The summed E-state index contributed by atoms with van der Waals surface area (Å²) in [6.45, 7) is 5.47. The van der Waals surface area contributed by atoms with Crippen molar-refractivity contribution in [2.24, 2.45) is 0 Å². The molecule has 0 saturated carbocycles. The van der Waals surface area contributed by atoms with E-state index in [9.17, 15) is 19.2 Å². The first-order valence-corrected chi connectivity index (χ1v) is 13.5. The third-order valence-electron chi connectivity index (χ3n) is 8.04. The summed E-state index contributed by atoms with van der Waals surface area (Å²) in [7, 11) is 0. The van der Waals surface area contributed by atoms with Crippen LogP contribution in [0.1, 0.15) is 51.2 Å². The second kappa shape index (κ2) is 10.2. The number of amides is 4. The minimum Gasteiger partial charge on any atom is -0.361 e. The number of para-hydroxylation sites is 2. The molecule has 2 aliphatic heterocycles. The molecule has 2 aromatic carbocycles. The lowest BCUT2D eigenvalue weighted by Crippen LogP contribution is -2.59. The lowest BCUT2D eigenvalue weighted by Gasteiger charge is -2.31. The number of likely N-dealkylation sites (tertiary alicyclic amines) is 1. The van der Waals surface area contributed by atoms with Gasteiger partial charge >= 0.3 is 0 Å². The van der Waals surface area contributed by atoms with Crippen molar-refractivity contribution >= 4 is 40.2 Å². The fourth-order valence-corrected chi connectivity index (χ4v) is 6.00. The van der Waals surface area contributed by atoms with Gasteiger partial charge in [-0.3, -0.25) is 19.2 Å². The Kier molecular flexibility index (Phi) is 6.92. The quantitative estimate of drug-likeness (QED) is 0.392. The number of anilines is 1. The standard InChI is InChI=1S/C30H35N5O4/c1-19(36)34-29(2,3)27(38)33-25(17-20-18-31-23-11-6-4-9-21(20)23)26(37)35-15-8-13-30(14-16-35)22-10-5-7-12-24(22)32-28(30)39/h4-7,9-12,18,25,31H,8,13-17H2,1-3H3,(H,32,39)(H,33,38)(H,34,36)/t25-,30-/m0/s1. The molecule has 0 unspecified atom stereocenters. The Hall–Kier alpha value is -4.14. The maximum atomic E-state index is 14.0. The Bertz CT molecular complexity index is 1440. The summed E-state index contributed by atoms with van der Waals surface area (Å²) < 4.78 is 0. The fourth-order valence-electron chi connectivity index (χ4n) is 6.00. The zero-order chi connectivity index (χ0) is 27.8. The van der Waals surface area contributed by atoms with Crippen LogP contribution in [0.3, 0.4) is 0 Å². The van der Waals surface area contributed by atoms with Gasteiger partial charge in [0.15, 0.2) is 0 Å². The zero-order valence-electron chi connectivity index (χ0n) is 22.6. The van der Waals surface area contributed by atoms with E-state index in [0.717, 1.165) is 27.7 Å². The molecule has 204 valence electrons. The van der Waals surface area contributed by atoms with Crippen molar-refractivity contribution in [1.82, 2.24) is 20.5 Å². The first-order chi connectivity index (χ1) is 18.6. The van der Waals surface area contributed by atoms with E-state index in [1.165, 1.54) is 6.92 Å². The molecule has 0 bridgehead atoms. The molecule has 1 aromatic heterocycles. The molecule has 2 atom stereocenters. The smallest absolute Gasteiger partial charge is 0.245 e. The highest BCUT2D eigenvalue weighted by atomic mass is 16.2. The summed E-state index contributed by atoms with van der Waals surface area (Å²) in [5.41, 5.74) is 1.84. The van der Waals surface area contributed by atoms with E-state index in [1.54, 1.807) is 18.7 Å². The number of aromatic nitrogens is 1. The molecule has 3 heterocycles. The van der Waals surface area contributed by atoms with E-state index >= 15 is 0 Å². The van der Waals surface area contributed by atoms with Crippen molar-refractivity contribution in [3.05, 3.63) is 65.9 Å². The number of hydrogen-bond acceptors (Lipinski definition) is 4. The first-order valence-electron chi connectivity index (χ1n) is 13.5. The number of H-pyrrole nitrogens is 1. The third kappa shape index (κ3) is 5.01. The SMILES string of the molecule is CC(=O)NC(C)(C)C(=O)N[C@@H](Cc1c[nH]c2ccccc12)C(=O)N1CCC[C@@]2(CC1)C(=O)Nc1ccccc12. The molecular formula is C30H35N5O4. The summed E-state index contributed by atoms with van der Waals surface area (Å²) >= 11 is 0. The van der Waals surface area contributed by atoms with E-state index in [2.05, 4.69) is 20.9 Å². The second-order valence-corrected chi connectivity index (χ2v) is 11.2. The van der Waals surface area contributed by atoms with E-state index in [1.807, 2.05) is 54.7 Å². The summed E-state index contributed by atoms with van der Waals surface area (Å²) in [4.78, 5) is 57.2. The van der Waals surface area contributed by atoms with Gasteiger partial charge in [-0.25, -0.2) is 0 Å². The van der Waals surface area contributed by atoms with Crippen LogP contribution < -0.4 is 16.0 Å². The van der Waals surface area contributed by atoms with Crippen LogP contribution in [0.4, 0.5) is 5.69 Å². The van der Waals surface area contributed by atoms with E-state index < -0.39 is 22.9 Å². The predicted octanol–water partition coefficient (Wildman–Crippen LogP) is 3.01. The average molecular weight is 530 g/mol. The Morgan fingerprint density at radius 1 is 1.05 bits per heavy atom. The largest absolute Gasteiger partial charge is 0.361 e. The molecule has 39 heavy (non-hydrogen) atoms. The van der Waals surface area contributed by atoms with Gasteiger partial charge in [0, 0.05) is 49.2 Å². The second-order valence-electron chi connectivity index (χ2n) is 11.2. The molecule has 5 rings (SSSR count). The van der Waals surface area contributed by atoms with Gasteiger partial charge in [0.2, 0.25) is 23.6 Å². The fraction of sp³-hybridized carbons (Fsp3) is 0.400. The van der Waals surface area contributed by atoms with Gasteiger partial charge in [-0.2, -0.15) is 0 Å². The topological polar surface area (TPSA) is 123 Å². The normalized spacial score (nSPS) is 19.8. The van der Waals surface area contributed by atoms with Crippen LogP contribution >= 0.6 is 0 Å². The molecule has 9 heteroatoms. The van der Waals surface area contributed by atoms with Crippen LogP contribution in [0.25, 0.3) is 10.9 Å². The van der Waals surface area contributed by atoms with Crippen LogP contribution in [0.5, 0.6) is 0 Å². The molecule has 4 N–H and O–H groups in total. The number of rotatable bonds is 6. The van der Waals surface area contributed by atoms with E-state index in [0.29, 0.717) is 32.4 Å². The van der Waals surface area contributed by atoms with Crippen LogP contribution in [0, 0.1) is 0 Å². The Morgan fingerprint density at radius 2 is 1.79 bits per heavy atom. The maximum Gasteiger partial charge on any atom is 0.245 e. The Morgan fingerprint density at radius 3 is 2.59 bits per heavy atom. The Balaban J connectivity index is 1.40. The number of benzene rings is 2. The molecule has 4 amide bonds. The number of aromatic amines is 1. The lowest BCUT2D eigenvalue weighted by atomic mass is 9.75. The van der Waals surface area contributed by atoms with Crippen molar-refractivity contribution in [3.8, 4) is 0 Å². The number of fused-ring (bicyclic) bond motifs is 3. The summed E-state index contributed by atoms with van der Waals surface area (Å²) in [5, 5.41) is 9.60. The van der Waals surface area contributed by atoms with Crippen LogP contribution in [-0.2, 0) is 31.0 Å². The van der Waals surface area contributed by atoms with Crippen molar-refractivity contribution < 1.29 is 19.2 Å². The van der Waals surface area contributed by atoms with Gasteiger partial charge in [-0.15, -0.1) is 0 Å². The van der Waals surface area contributed by atoms with Gasteiger partial charge in [-0.05, 0) is 56.4 Å². The number of nitrogens with one attached hydrogen (secondary N) is 4. The summed E-state index contributed by atoms with van der Waals surface area (Å²) in [5.74, 6) is -0.983. The predicted molar refractivity (Wildman–Crippen MR) is 149 cm³/mol. The highest BCUT2D eigenvalue weighted by Gasteiger charge is 2.47. The average Bonchev–Trinajstić information content (AvgIpc) is 3.32. The molecule has 0 radical (unpaired) electrons. The minimum absolute atomic E-state index is 0.0151. The van der Waals surface area contributed by atoms with E-state index in [-0.39, 0.29) is 24.1 Å². The molecule has 3 aromatic rings. The van der Waals surface area contributed by atoms with Crippen LogP contribution in [-0.4, -0.2) is 58.2 Å². The molecule has 9 nitrogen and oxygen atoms in total. The Labute approximate surface area is 227 Å². The zero-order valence-corrected chi connectivity index (χ0v) is 22.6. The molecular weight excluding hydrogens is 494 g/mol.